The zero-order valence-electron chi connectivity index (χ0n) is 20.2. The Bertz CT molecular complexity index is 1110. The van der Waals surface area contributed by atoms with E-state index in [1.54, 1.807) is 37.3 Å². The molecule has 1 N–H and O–H groups in total. The van der Waals surface area contributed by atoms with Crippen LogP contribution in [0.5, 0.6) is 11.5 Å². The quantitative estimate of drug-likeness (QED) is 0.426. The minimum absolute atomic E-state index is 0.118. The first-order valence-electron chi connectivity index (χ1n) is 12.0. The van der Waals surface area contributed by atoms with E-state index in [9.17, 15) is 9.59 Å². The van der Waals surface area contributed by atoms with Gasteiger partial charge in [-0.1, -0.05) is 49.2 Å². The zero-order chi connectivity index (χ0) is 24.6. The van der Waals surface area contributed by atoms with Gasteiger partial charge in [0.2, 0.25) is 11.8 Å². The first-order chi connectivity index (χ1) is 17.1. The van der Waals surface area contributed by atoms with Gasteiger partial charge in [0.1, 0.15) is 17.5 Å². The minimum Gasteiger partial charge on any atom is -0.497 e. The van der Waals surface area contributed by atoms with Crippen LogP contribution in [0.3, 0.4) is 0 Å². The number of benzene rings is 2. The van der Waals surface area contributed by atoms with E-state index in [0.29, 0.717) is 23.6 Å². The second-order valence-electron chi connectivity index (χ2n) is 8.76. The highest BCUT2D eigenvalue weighted by molar-refractivity contribution is 7.10. The van der Waals surface area contributed by atoms with Gasteiger partial charge in [-0.05, 0) is 48.1 Å². The van der Waals surface area contributed by atoms with Crippen molar-refractivity contribution < 1.29 is 19.1 Å². The summed E-state index contributed by atoms with van der Waals surface area (Å²) in [6.45, 7) is 0.300. The predicted molar refractivity (Wildman–Crippen MR) is 138 cm³/mol. The Morgan fingerprint density at radius 2 is 1.80 bits per heavy atom. The fourth-order valence-electron chi connectivity index (χ4n) is 4.62. The highest BCUT2D eigenvalue weighted by Gasteiger charge is 2.35. The van der Waals surface area contributed by atoms with E-state index in [-0.39, 0.29) is 24.3 Å². The maximum absolute atomic E-state index is 13.9. The van der Waals surface area contributed by atoms with E-state index in [1.807, 2.05) is 47.8 Å². The van der Waals surface area contributed by atoms with Gasteiger partial charge in [0.15, 0.2) is 0 Å². The number of amides is 2. The number of ether oxygens (including phenoxy) is 2. The van der Waals surface area contributed by atoms with Gasteiger partial charge in [0, 0.05) is 23.0 Å². The molecule has 184 valence electrons. The summed E-state index contributed by atoms with van der Waals surface area (Å²) < 4.78 is 11.1. The van der Waals surface area contributed by atoms with Crippen molar-refractivity contribution in [3.8, 4) is 11.5 Å². The number of rotatable bonds is 10. The summed E-state index contributed by atoms with van der Waals surface area (Å²) in [6, 6.07) is 18.3. The first kappa shape index (κ1) is 24.8. The average Bonchev–Trinajstić information content (AvgIpc) is 3.58. The molecule has 1 fully saturated rings. The normalized spacial score (nSPS) is 14.3. The molecule has 1 heterocycles. The molecular weight excluding hydrogens is 460 g/mol. The summed E-state index contributed by atoms with van der Waals surface area (Å²) in [5.74, 6) is 0.829. The number of hydrogen-bond donors (Lipinski definition) is 1. The lowest BCUT2D eigenvalue weighted by molar-refractivity contribution is -0.141. The molecule has 4 rings (SSSR count). The van der Waals surface area contributed by atoms with E-state index in [0.717, 1.165) is 36.1 Å². The molecule has 1 aliphatic carbocycles. The van der Waals surface area contributed by atoms with Crippen molar-refractivity contribution in [2.75, 3.05) is 14.2 Å². The van der Waals surface area contributed by atoms with Crippen LogP contribution in [0.15, 0.2) is 66.0 Å². The minimum atomic E-state index is -0.867. The molecule has 7 heteroatoms. The maximum Gasteiger partial charge on any atom is 0.247 e. The number of carbonyl (C=O) groups is 2. The SMILES string of the molecule is COc1ccc(OC)c([C@H](C(=O)NC2CCCC2)N(Cc2ccccc2)C(=O)Cc2cccs2)c1. The lowest BCUT2D eigenvalue weighted by Gasteiger charge is -2.33. The summed E-state index contributed by atoms with van der Waals surface area (Å²) in [6.07, 6.45) is 4.33. The van der Waals surface area contributed by atoms with Crippen molar-refractivity contribution in [2.24, 2.45) is 0 Å². The van der Waals surface area contributed by atoms with Gasteiger partial charge in [0.05, 0.1) is 20.6 Å². The molecule has 0 unspecified atom stereocenters. The Hall–Kier alpha value is -3.32. The van der Waals surface area contributed by atoms with Crippen molar-refractivity contribution in [1.29, 1.82) is 0 Å². The molecule has 0 aliphatic heterocycles. The molecule has 3 aromatic rings. The molecule has 1 aliphatic rings. The Morgan fingerprint density at radius 1 is 1.03 bits per heavy atom. The van der Waals surface area contributed by atoms with E-state index in [2.05, 4.69) is 5.32 Å². The molecule has 0 spiro atoms. The number of nitrogens with zero attached hydrogens (tertiary/aromatic N) is 1. The van der Waals surface area contributed by atoms with Crippen LogP contribution in [-0.4, -0.2) is 37.0 Å². The second-order valence-corrected chi connectivity index (χ2v) is 9.80. The smallest absolute Gasteiger partial charge is 0.247 e. The van der Waals surface area contributed by atoms with Gasteiger partial charge >= 0.3 is 0 Å². The van der Waals surface area contributed by atoms with Gasteiger partial charge in [-0.25, -0.2) is 0 Å². The first-order valence-corrected chi connectivity index (χ1v) is 12.8. The zero-order valence-corrected chi connectivity index (χ0v) is 21.1. The van der Waals surface area contributed by atoms with Gasteiger partial charge in [0.25, 0.3) is 0 Å². The lowest BCUT2D eigenvalue weighted by atomic mass is 10.00. The molecular formula is C28H32N2O4S. The van der Waals surface area contributed by atoms with Gasteiger partial charge < -0.3 is 19.7 Å². The van der Waals surface area contributed by atoms with Crippen LogP contribution in [0.25, 0.3) is 0 Å². The van der Waals surface area contributed by atoms with Crippen LogP contribution in [0.2, 0.25) is 0 Å². The standard InChI is InChI=1S/C28H32N2O4S/c1-33-22-14-15-25(34-2)24(17-22)27(28(32)29-21-11-6-7-12-21)30(19-20-9-4-3-5-10-20)26(31)18-23-13-8-16-35-23/h3-5,8-10,13-17,21,27H,6-7,11-12,18-19H2,1-2H3,(H,29,32)/t27-/m1/s1. The van der Waals surface area contributed by atoms with Crippen molar-refractivity contribution >= 4 is 23.2 Å². The second kappa shape index (κ2) is 11.9. The fourth-order valence-corrected chi connectivity index (χ4v) is 5.32. The molecule has 1 aromatic heterocycles. The molecule has 1 saturated carbocycles. The largest absolute Gasteiger partial charge is 0.497 e. The van der Waals surface area contributed by atoms with E-state index in [1.165, 1.54) is 11.3 Å². The molecule has 0 bridgehead atoms. The van der Waals surface area contributed by atoms with E-state index >= 15 is 0 Å². The third-order valence-electron chi connectivity index (χ3n) is 6.41. The monoisotopic (exact) mass is 492 g/mol. The summed E-state index contributed by atoms with van der Waals surface area (Å²) in [5, 5.41) is 5.18. The molecule has 1 atom stereocenters. The predicted octanol–water partition coefficient (Wildman–Crippen LogP) is 5.14. The van der Waals surface area contributed by atoms with E-state index in [4.69, 9.17) is 9.47 Å². The number of carbonyl (C=O) groups excluding carboxylic acids is 2. The van der Waals surface area contributed by atoms with Crippen molar-refractivity contribution in [2.45, 2.75) is 50.7 Å². The Labute approximate surface area is 210 Å². The van der Waals surface area contributed by atoms with Crippen LogP contribution in [-0.2, 0) is 22.6 Å². The lowest BCUT2D eigenvalue weighted by Crippen LogP contribution is -2.46. The third-order valence-corrected chi connectivity index (χ3v) is 7.29. The van der Waals surface area contributed by atoms with Crippen LogP contribution in [0.1, 0.15) is 47.7 Å². The van der Waals surface area contributed by atoms with Crippen molar-refractivity contribution in [3.63, 3.8) is 0 Å². The van der Waals surface area contributed by atoms with Crippen LogP contribution < -0.4 is 14.8 Å². The Balaban J connectivity index is 1.77. The van der Waals surface area contributed by atoms with Crippen molar-refractivity contribution in [3.05, 3.63) is 82.0 Å². The van der Waals surface area contributed by atoms with Gasteiger partial charge in [-0.2, -0.15) is 0 Å². The number of thiophene rings is 1. The summed E-state index contributed by atoms with van der Waals surface area (Å²) in [5.41, 5.74) is 1.56. The highest BCUT2D eigenvalue weighted by Crippen LogP contribution is 2.35. The van der Waals surface area contributed by atoms with Gasteiger partial charge in [-0.3, -0.25) is 9.59 Å². The van der Waals surface area contributed by atoms with Crippen LogP contribution in [0, 0.1) is 0 Å². The topological polar surface area (TPSA) is 67.9 Å². The Morgan fingerprint density at radius 3 is 2.46 bits per heavy atom. The highest BCUT2D eigenvalue weighted by atomic mass is 32.1. The molecule has 0 saturated heterocycles. The van der Waals surface area contributed by atoms with E-state index < -0.39 is 6.04 Å². The summed E-state index contributed by atoms with van der Waals surface area (Å²) in [7, 11) is 3.16. The maximum atomic E-state index is 13.9. The average molecular weight is 493 g/mol. The van der Waals surface area contributed by atoms with Crippen molar-refractivity contribution in [1.82, 2.24) is 10.2 Å². The fraction of sp³-hybridized carbons (Fsp3) is 0.357. The summed E-state index contributed by atoms with van der Waals surface area (Å²) >= 11 is 1.54. The molecule has 6 nitrogen and oxygen atoms in total. The van der Waals surface area contributed by atoms with Crippen LogP contribution >= 0.6 is 11.3 Å². The molecule has 35 heavy (non-hydrogen) atoms. The summed E-state index contributed by atoms with van der Waals surface area (Å²) in [4.78, 5) is 30.3. The van der Waals surface area contributed by atoms with Gasteiger partial charge in [-0.15, -0.1) is 11.3 Å². The molecule has 2 aromatic carbocycles. The third kappa shape index (κ3) is 6.22. The Kier molecular flexibility index (Phi) is 8.42. The number of methoxy groups -OCH3 is 2. The number of nitrogens with one attached hydrogen (secondary N) is 1. The van der Waals surface area contributed by atoms with Crippen LogP contribution in [0.4, 0.5) is 0 Å². The number of hydrogen-bond acceptors (Lipinski definition) is 5. The molecule has 2 amide bonds. The molecule has 0 radical (unpaired) electrons.